The van der Waals surface area contributed by atoms with E-state index in [1.54, 1.807) is 43.6 Å². The summed E-state index contributed by atoms with van der Waals surface area (Å²) in [6.07, 6.45) is 4.75. The third kappa shape index (κ3) is 4.55. The average Bonchev–Trinajstić information content (AvgIpc) is 3.19. The predicted octanol–water partition coefficient (Wildman–Crippen LogP) is 6.48. The number of amides is 1. The van der Waals surface area contributed by atoms with Crippen molar-refractivity contribution >= 4 is 34.3 Å². The Bertz CT molecular complexity index is 1550. The first-order valence-corrected chi connectivity index (χ1v) is 12.6. The van der Waals surface area contributed by atoms with Crippen molar-refractivity contribution in [3.63, 3.8) is 0 Å². The molecule has 0 spiro atoms. The van der Waals surface area contributed by atoms with Gasteiger partial charge in [0.1, 0.15) is 11.4 Å². The van der Waals surface area contributed by atoms with E-state index in [4.69, 9.17) is 25.5 Å². The molecule has 37 heavy (non-hydrogen) atoms. The van der Waals surface area contributed by atoms with Gasteiger partial charge < -0.3 is 13.9 Å². The number of hydrogen-bond donors (Lipinski definition) is 0. The van der Waals surface area contributed by atoms with Crippen molar-refractivity contribution in [1.82, 2.24) is 4.98 Å². The minimum absolute atomic E-state index is 0.00742. The van der Waals surface area contributed by atoms with Crippen molar-refractivity contribution in [2.45, 2.75) is 39.2 Å². The second-order valence-corrected chi connectivity index (χ2v) is 9.49. The molecule has 0 aliphatic carbocycles. The maximum absolute atomic E-state index is 13.8. The maximum atomic E-state index is 13.8. The Labute approximate surface area is 219 Å². The molecule has 4 aromatic rings. The number of ether oxygens (including phenoxy) is 2. The van der Waals surface area contributed by atoms with Crippen LogP contribution < -0.4 is 19.8 Å². The van der Waals surface area contributed by atoms with Crippen LogP contribution in [0.2, 0.25) is 5.02 Å². The molecule has 0 saturated heterocycles. The van der Waals surface area contributed by atoms with Crippen LogP contribution in [0.5, 0.6) is 11.5 Å². The largest absolute Gasteiger partial charge is 0.493 e. The number of hydrogen-bond acceptors (Lipinski definition) is 6. The van der Waals surface area contributed by atoms with Crippen molar-refractivity contribution in [3.8, 4) is 11.5 Å². The summed E-state index contributed by atoms with van der Waals surface area (Å²) in [7, 11) is 1.56. The van der Waals surface area contributed by atoms with Crippen LogP contribution in [-0.4, -0.2) is 24.6 Å². The summed E-state index contributed by atoms with van der Waals surface area (Å²) < 4.78 is 17.6. The SMILES string of the molecule is CCCCCOc1ccc(C2c3c(oc4ccc(Cl)cc4c3=O)C(=O)N2c2cc(C)ccn2)cc1OC. The highest BCUT2D eigenvalue weighted by Crippen LogP contribution is 2.43. The number of fused-ring (bicyclic) bond motifs is 2. The lowest BCUT2D eigenvalue weighted by Crippen LogP contribution is -2.30. The number of methoxy groups -OCH3 is 1. The molecule has 1 amide bonds. The Morgan fingerprint density at radius 1 is 1.05 bits per heavy atom. The fourth-order valence-corrected chi connectivity index (χ4v) is 4.83. The zero-order valence-corrected chi connectivity index (χ0v) is 21.7. The number of unbranched alkanes of at least 4 members (excludes halogenated alkanes) is 2. The Hall–Kier alpha value is -3.84. The van der Waals surface area contributed by atoms with Gasteiger partial charge in [0.05, 0.1) is 30.7 Å². The van der Waals surface area contributed by atoms with Gasteiger partial charge in [-0.25, -0.2) is 4.98 Å². The van der Waals surface area contributed by atoms with Gasteiger partial charge in [-0.05, 0) is 66.9 Å². The molecule has 0 bridgehead atoms. The second kappa shape index (κ2) is 10.3. The summed E-state index contributed by atoms with van der Waals surface area (Å²) in [4.78, 5) is 33.5. The minimum atomic E-state index is -0.778. The van der Waals surface area contributed by atoms with Crippen LogP contribution in [-0.2, 0) is 0 Å². The number of aromatic nitrogens is 1. The highest BCUT2D eigenvalue weighted by molar-refractivity contribution is 6.31. The number of carbonyl (C=O) groups is 1. The lowest BCUT2D eigenvalue weighted by molar-refractivity contribution is 0.0970. The highest BCUT2D eigenvalue weighted by Gasteiger charge is 2.44. The summed E-state index contributed by atoms with van der Waals surface area (Å²) in [6.45, 7) is 4.63. The molecule has 1 atom stereocenters. The van der Waals surface area contributed by atoms with Gasteiger partial charge in [-0.2, -0.15) is 0 Å². The van der Waals surface area contributed by atoms with Crippen LogP contribution in [0.15, 0.2) is 63.9 Å². The Morgan fingerprint density at radius 2 is 1.89 bits per heavy atom. The average molecular weight is 519 g/mol. The van der Waals surface area contributed by atoms with Gasteiger partial charge in [0, 0.05) is 11.2 Å². The van der Waals surface area contributed by atoms with Crippen LogP contribution in [0.3, 0.4) is 0 Å². The molecule has 1 unspecified atom stereocenters. The smallest absolute Gasteiger partial charge is 0.296 e. The van der Waals surface area contributed by atoms with E-state index in [1.165, 1.54) is 4.90 Å². The predicted molar refractivity (Wildman–Crippen MR) is 143 cm³/mol. The van der Waals surface area contributed by atoms with Gasteiger partial charge >= 0.3 is 0 Å². The second-order valence-electron chi connectivity index (χ2n) is 9.05. The maximum Gasteiger partial charge on any atom is 0.296 e. The molecule has 190 valence electrons. The third-order valence-corrected chi connectivity index (χ3v) is 6.72. The van der Waals surface area contributed by atoms with E-state index in [-0.39, 0.29) is 16.8 Å². The van der Waals surface area contributed by atoms with E-state index in [0.717, 1.165) is 24.8 Å². The van der Waals surface area contributed by atoms with E-state index >= 15 is 0 Å². The fourth-order valence-electron chi connectivity index (χ4n) is 4.66. The lowest BCUT2D eigenvalue weighted by Gasteiger charge is -2.25. The van der Waals surface area contributed by atoms with Crippen molar-refractivity contribution in [2.75, 3.05) is 18.6 Å². The number of anilines is 1. The van der Waals surface area contributed by atoms with E-state index in [0.29, 0.717) is 45.5 Å². The van der Waals surface area contributed by atoms with Crippen molar-refractivity contribution < 1.29 is 18.7 Å². The van der Waals surface area contributed by atoms with E-state index < -0.39 is 11.9 Å². The zero-order chi connectivity index (χ0) is 26.1. The molecule has 3 heterocycles. The summed E-state index contributed by atoms with van der Waals surface area (Å²) in [5, 5.41) is 0.718. The molecular formula is C29H27ClN2O5. The molecular weight excluding hydrogens is 492 g/mol. The van der Waals surface area contributed by atoms with Gasteiger partial charge in [0.25, 0.3) is 5.91 Å². The first kappa shape index (κ1) is 24.8. The Balaban J connectivity index is 1.68. The van der Waals surface area contributed by atoms with Crippen LogP contribution >= 0.6 is 11.6 Å². The number of rotatable bonds is 8. The number of benzene rings is 2. The Kier molecular flexibility index (Phi) is 6.89. The number of carbonyl (C=O) groups excluding carboxylic acids is 1. The van der Waals surface area contributed by atoms with E-state index in [1.807, 2.05) is 25.1 Å². The molecule has 0 saturated carbocycles. The molecule has 0 fully saturated rings. The number of pyridine rings is 1. The van der Waals surface area contributed by atoms with Crippen molar-refractivity contribution in [1.29, 1.82) is 0 Å². The molecule has 0 N–H and O–H groups in total. The fraction of sp³-hybridized carbons (Fsp3) is 0.276. The Morgan fingerprint density at radius 3 is 2.65 bits per heavy atom. The van der Waals surface area contributed by atoms with Crippen molar-refractivity contribution in [2.24, 2.45) is 0 Å². The molecule has 7 nitrogen and oxygen atoms in total. The lowest BCUT2D eigenvalue weighted by atomic mass is 9.98. The zero-order valence-electron chi connectivity index (χ0n) is 20.9. The molecule has 0 radical (unpaired) electrons. The summed E-state index contributed by atoms with van der Waals surface area (Å²) in [6, 6.07) is 13.1. The third-order valence-electron chi connectivity index (χ3n) is 6.49. The quantitative estimate of drug-likeness (QED) is 0.248. The first-order valence-electron chi connectivity index (χ1n) is 12.3. The first-order chi connectivity index (χ1) is 17.9. The standard InChI is InChI=1S/C29H27ClN2O5/c1-4-5-6-13-36-22-9-7-18(15-23(22)35-3)26-25-27(33)20-16-19(30)8-10-21(20)37-28(25)29(34)32(26)24-14-17(2)11-12-31-24/h7-12,14-16,26H,4-6,13H2,1-3H3. The van der Waals surface area contributed by atoms with Crippen LogP contribution in [0, 0.1) is 6.92 Å². The van der Waals surface area contributed by atoms with Crippen LogP contribution in [0.25, 0.3) is 11.0 Å². The summed E-state index contributed by atoms with van der Waals surface area (Å²) in [5.41, 5.74) is 1.82. The van der Waals surface area contributed by atoms with Gasteiger partial charge in [-0.3, -0.25) is 14.5 Å². The van der Waals surface area contributed by atoms with Crippen molar-refractivity contribution in [3.05, 3.63) is 92.4 Å². The monoisotopic (exact) mass is 518 g/mol. The van der Waals surface area contributed by atoms with Gasteiger partial charge in [0.15, 0.2) is 16.9 Å². The molecule has 1 aliphatic heterocycles. The van der Waals surface area contributed by atoms with Crippen LogP contribution in [0.4, 0.5) is 5.82 Å². The van der Waals surface area contributed by atoms with Gasteiger partial charge in [-0.15, -0.1) is 0 Å². The normalized spacial score (nSPS) is 14.8. The topological polar surface area (TPSA) is 81.9 Å². The minimum Gasteiger partial charge on any atom is -0.493 e. The molecule has 2 aromatic carbocycles. The molecule has 8 heteroatoms. The van der Waals surface area contributed by atoms with Gasteiger partial charge in [-0.1, -0.05) is 37.4 Å². The molecule has 2 aromatic heterocycles. The van der Waals surface area contributed by atoms with E-state index in [9.17, 15) is 9.59 Å². The van der Waals surface area contributed by atoms with Gasteiger partial charge in [0.2, 0.25) is 5.76 Å². The number of aryl methyl sites for hydroxylation is 1. The van der Waals surface area contributed by atoms with Crippen LogP contribution in [0.1, 0.15) is 59.5 Å². The summed E-state index contributed by atoms with van der Waals surface area (Å²) >= 11 is 6.19. The molecule has 1 aliphatic rings. The number of halogens is 1. The highest BCUT2D eigenvalue weighted by atomic mass is 35.5. The van der Waals surface area contributed by atoms with E-state index in [2.05, 4.69) is 11.9 Å². The molecule has 5 rings (SSSR count). The number of nitrogens with zero attached hydrogens (tertiary/aromatic N) is 2. The summed E-state index contributed by atoms with van der Waals surface area (Å²) in [5.74, 6) is 1.09.